The summed E-state index contributed by atoms with van der Waals surface area (Å²) in [6.45, 7) is 6.21. The number of rotatable bonds is 3. The lowest BCUT2D eigenvalue weighted by Crippen LogP contribution is -2.49. The minimum atomic E-state index is -0.463. The van der Waals surface area contributed by atoms with Gasteiger partial charge in [0.05, 0.1) is 0 Å². The zero-order valence-electron chi connectivity index (χ0n) is 17.6. The summed E-state index contributed by atoms with van der Waals surface area (Å²) in [4.78, 5) is 44.5. The van der Waals surface area contributed by atoms with Gasteiger partial charge in [0.1, 0.15) is 11.4 Å². The first kappa shape index (κ1) is 21.7. The summed E-state index contributed by atoms with van der Waals surface area (Å²) in [7, 11) is 0. The second kappa shape index (κ2) is 8.20. The summed E-state index contributed by atoms with van der Waals surface area (Å²) >= 11 is 6.12. The molecule has 0 unspecified atom stereocenters. The van der Waals surface area contributed by atoms with E-state index in [4.69, 9.17) is 11.6 Å². The van der Waals surface area contributed by atoms with Gasteiger partial charge >= 0.3 is 0 Å². The fourth-order valence-corrected chi connectivity index (χ4v) is 4.60. The maximum absolute atomic E-state index is 14.1. The van der Waals surface area contributed by atoms with Crippen molar-refractivity contribution in [2.24, 2.45) is 5.41 Å². The second-order valence-electron chi connectivity index (χ2n) is 9.11. The van der Waals surface area contributed by atoms with Gasteiger partial charge in [-0.3, -0.25) is 19.3 Å². The van der Waals surface area contributed by atoms with Crippen molar-refractivity contribution < 1.29 is 14.0 Å². The molecule has 164 valence electrons. The fourth-order valence-electron chi connectivity index (χ4n) is 4.37. The standard InChI is InChI=1S/C23H25ClFN3O3/c1-23(2)11-19-14(20(29)12-23)10-15(21(30)26-19)22(31)28-8-6-27(7-9-28)13-16-17(24)4-3-5-18(16)25/h3-5,10H,6-9,11-13H2,1-2H3,(H,26,30). The number of carbonyl (C=O) groups is 2. The van der Waals surface area contributed by atoms with Crippen LogP contribution in [0.2, 0.25) is 5.02 Å². The number of fused-ring (bicyclic) bond motifs is 1. The average Bonchev–Trinajstić information content (AvgIpc) is 2.69. The zero-order chi connectivity index (χ0) is 22.3. The van der Waals surface area contributed by atoms with Gasteiger partial charge in [-0.25, -0.2) is 4.39 Å². The SMILES string of the molecule is CC1(C)CC(=O)c2cc(C(=O)N3CCN(Cc4c(F)cccc4Cl)CC3)c(=O)[nH]c2C1. The number of hydrogen-bond donors (Lipinski definition) is 1. The molecule has 2 aliphatic rings. The van der Waals surface area contributed by atoms with E-state index in [1.807, 2.05) is 18.7 Å². The predicted octanol–water partition coefficient (Wildman–Crippen LogP) is 3.28. The van der Waals surface area contributed by atoms with Gasteiger partial charge in [0.15, 0.2) is 5.78 Å². The topological polar surface area (TPSA) is 73.5 Å². The van der Waals surface area contributed by atoms with Gasteiger partial charge in [-0.15, -0.1) is 0 Å². The number of carbonyl (C=O) groups excluding carboxylic acids is 2. The number of ketones is 1. The van der Waals surface area contributed by atoms with Crippen LogP contribution in [0.25, 0.3) is 0 Å². The van der Waals surface area contributed by atoms with Crippen molar-refractivity contribution in [3.8, 4) is 0 Å². The van der Waals surface area contributed by atoms with E-state index >= 15 is 0 Å². The zero-order valence-corrected chi connectivity index (χ0v) is 18.4. The lowest BCUT2D eigenvalue weighted by Gasteiger charge is -2.35. The summed E-state index contributed by atoms with van der Waals surface area (Å²) in [5, 5.41) is 0.381. The molecule has 0 radical (unpaired) electrons. The largest absolute Gasteiger partial charge is 0.336 e. The molecular weight excluding hydrogens is 421 g/mol. The third kappa shape index (κ3) is 4.43. The van der Waals surface area contributed by atoms with Crippen LogP contribution in [-0.2, 0) is 13.0 Å². The molecule has 2 aromatic rings. The molecular formula is C23H25ClFN3O3. The summed E-state index contributed by atoms with van der Waals surface area (Å²) in [6.07, 6.45) is 0.978. The van der Waals surface area contributed by atoms with E-state index in [2.05, 4.69) is 4.98 Å². The maximum Gasteiger partial charge on any atom is 0.261 e. The van der Waals surface area contributed by atoms with E-state index in [9.17, 15) is 18.8 Å². The van der Waals surface area contributed by atoms with Crippen molar-refractivity contribution in [2.75, 3.05) is 26.2 Å². The van der Waals surface area contributed by atoms with E-state index in [0.717, 1.165) is 0 Å². The van der Waals surface area contributed by atoms with Crippen molar-refractivity contribution in [1.29, 1.82) is 0 Å². The van der Waals surface area contributed by atoms with Crippen LogP contribution in [-0.4, -0.2) is 52.7 Å². The third-order valence-electron chi connectivity index (χ3n) is 6.05. The highest BCUT2D eigenvalue weighted by molar-refractivity contribution is 6.31. The minimum absolute atomic E-state index is 0.00240. The normalized spacial score (nSPS) is 18.7. The Balaban J connectivity index is 1.46. The molecule has 31 heavy (non-hydrogen) atoms. The first-order chi connectivity index (χ1) is 14.6. The van der Waals surface area contributed by atoms with Crippen LogP contribution in [0, 0.1) is 11.2 Å². The molecule has 2 heterocycles. The number of halogens is 2. The Kier molecular flexibility index (Phi) is 5.75. The molecule has 1 saturated heterocycles. The van der Waals surface area contributed by atoms with Gasteiger partial charge < -0.3 is 9.88 Å². The number of aromatic nitrogens is 1. The average molecular weight is 446 g/mol. The van der Waals surface area contributed by atoms with Crippen LogP contribution in [0.15, 0.2) is 29.1 Å². The van der Waals surface area contributed by atoms with Gasteiger partial charge in [-0.05, 0) is 30.0 Å². The molecule has 1 amide bonds. The van der Waals surface area contributed by atoms with Gasteiger partial charge in [0.2, 0.25) is 0 Å². The molecule has 1 fully saturated rings. The Morgan fingerprint density at radius 3 is 2.55 bits per heavy atom. The molecule has 1 aliphatic heterocycles. The highest BCUT2D eigenvalue weighted by Gasteiger charge is 2.33. The van der Waals surface area contributed by atoms with Gasteiger partial charge in [-0.2, -0.15) is 0 Å². The number of pyridine rings is 1. The molecule has 0 spiro atoms. The Morgan fingerprint density at radius 2 is 1.87 bits per heavy atom. The number of benzene rings is 1. The third-order valence-corrected chi connectivity index (χ3v) is 6.41. The van der Waals surface area contributed by atoms with Crippen molar-refractivity contribution in [1.82, 2.24) is 14.8 Å². The van der Waals surface area contributed by atoms with Gasteiger partial charge in [0, 0.05) is 61.0 Å². The lowest BCUT2D eigenvalue weighted by atomic mass is 9.75. The number of H-pyrrole nitrogens is 1. The minimum Gasteiger partial charge on any atom is -0.336 e. The number of amides is 1. The van der Waals surface area contributed by atoms with Crippen molar-refractivity contribution in [3.05, 3.63) is 67.8 Å². The number of Topliss-reactive ketones (excluding diaryl/α,β-unsaturated/α-hetero) is 1. The monoisotopic (exact) mass is 445 g/mol. The molecule has 0 bridgehead atoms. The van der Waals surface area contributed by atoms with Crippen LogP contribution in [0.4, 0.5) is 4.39 Å². The molecule has 4 rings (SSSR count). The highest BCUT2D eigenvalue weighted by atomic mass is 35.5. The van der Waals surface area contributed by atoms with E-state index in [1.54, 1.807) is 17.0 Å². The maximum atomic E-state index is 14.1. The lowest BCUT2D eigenvalue weighted by molar-refractivity contribution is 0.0625. The number of aromatic amines is 1. The number of piperazine rings is 1. The van der Waals surface area contributed by atoms with E-state index in [1.165, 1.54) is 12.1 Å². The predicted molar refractivity (Wildman–Crippen MR) is 116 cm³/mol. The van der Waals surface area contributed by atoms with Gasteiger partial charge in [0.25, 0.3) is 11.5 Å². The number of hydrogen-bond acceptors (Lipinski definition) is 4. The second-order valence-corrected chi connectivity index (χ2v) is 9.52. The first-order valence-electron chi connectivity index (χ1n) is 10.4. The van der Waals surface area contributed by atoms with E-state index in [0.29, 0.717) is 67.4 Å². The molecule has 1 N–H and O–H groups in total. The molecule has 8 heteroatoms. The number of nitrogens with zero attached hydrogens (tertiary/aromatic N) is 2. The molecule has 1 aromatic carbocycles. The van der Waals surface area contributed by atoms with Crippen LogP contribution in [0.5, 0.6) is 0 Å². The van der Waals surface area contributed by atoms with Gasteiger partial charge in [-0.1, -0.05) is 31.5 Å². The molecule has 0 saturated carbocycles. The van der Waals surface area contributed by atoms with E-state index in [-0.39, 0.29) is 28.5 Å². The van der Waals surface area contributed by atoms with Crippen molar-refractivity contribution in [3.63, 3.8) is 0 Å². The Hall–Kier alpha value is -2.51. The van der Waals surface area contributed by atoms with Crippen molar-refractivity contribution in [2.45, 2.75) is 33.2 Å². The first-order valence-corrected chi connectivity index (χ1v) is 10.8. The highest BCUT2D eigenvalue weighted by Crippen LogP contribution is 2.33. The summed E-state index contributed by atoms with van der Waals surface area (Å²) in [6, 6.07) is 6.06. The summed E-state index contributed by atoms with van der Waals surface area (Å²) < 4.78 is 14.1. The van der Waals surface area contributed by atoms with E-state index < -0.39 is 5.56 Å². The van der Waals surface area contributed by atoms with Crippen molar-refractivity contribution >= 4 is 23.3 Å². The smallest absolute Gasteiger partial charge is 0.261 e. The summed E-state index contributed by atoms with van der Waals surface area (Å²) in [5.41, 5.74) is 0.809. The molecule has 1 aliphatic carbocycles. The van der Waals surface area contributed by atoms with Crippen LogP contribution in [0.3, 0.4) is 0 Å². The molecule has 0 atom stereocenters. The Bertz CT molecular complexity index is 1080. The summed E-state index contributed by atoms with van der Waals surface area (Å²) in [5.74, 6) is -0.784. The fraction of sp³-hybridized carbons (Fsp3) is 0.435. The Morgan fingerprint density at radius 1 is 1.16 bits per heavy atom. The number of nitrogens with one attached hydrogen (secondary N) is 1. The Labute approximate surface area is 185 Å². The molecule has 6 nitrogen and oxygen atoms in total. The van der Waals surface area contributed by atoms with Crippen LogP contribution >= 0.6 is 11.6 Å². The quantitative estimate of drug-likeness (QED) is 0.786. The van der Waals surface area contributed by atoms with Crippen LogP contribution in [0.1, 0.15) is 52.2 Å². The molecule has 1 aromatic heterocycles. The van der Waals surface area contributed by atoms with Crippen LogP contribution < -0.4 is 5.56 Å².